The predicted molar refractivity (Wildman–Crippen MR) is 58.7 cm³/mol. The molecule has 0 bridgehead atoms. The van der Waals surface area contributed by atoms with Gasteiger partial charge in [0, 0.05) is 14.2 Å². The Hall–Kier alpha value is -1.11. The second-order valence-corrected chi connectivity index (χ2v) is 4.64. The minimum atomic E-state index is -3.71. The highest BCUT2D eigenvalue weighted by Crippen LogP contribution is 2.12. The quantitative estimate of drug-likeness (QED) is 0.554. The molecule has 0 saturated heterocycles. The topological polar surface area (TPSA) is 61.8 Å². The van der Waals surface area contributed by atoms with Gasteiger partial charge in [-0.05, 0) is 12.1 Å². The first kappa shape index (κ1) is 13.0. The zero-order valence-electron chi connectivity index (χ0n) is 9.12. The third kappa shape index (κ3) is 4.18. The van der Waals surface area contributed by atoms with E-state index < -0.39 is 16.4 Å². The number of methoxy groups -OCH3 is 2. The van der Waals surface area contributed by atoms with Gasteiger partial charge in [0.25, 0.3) is 0 Å². The summed E-state index contributed by atoms with van der Waals surface area (Å²) in [4.78, 5) is 0. The van der Waals surface area contributed by atoms with Gasteiger partial charge in [0.1, 0.15) is 11.5 Å². The van der Waals surface area contributed by atoms with Crippen molar-refractivity contribution >= 4 is 10.1 Å². The highest BCUT2D eigenvalue weighted by Gasteiger charge is 2.20. The third-order valence-electron chi connectivity index (χ3n) is 1.83. The van der Waals surface area contributed by atoms with Crippen LogP contribution in [-0.2, 0) is 19.6 Å². The lowest BCUT2D eigenvalue weighted by molar-refractivity contribution is -0.0857. The molecule has 0 unspecified atom stereocenters. The molecule has 1 rings (SSSR count). The molecule has 0 radical (unpaired) electrons. The summed E-state index contributed by atoms with van der Waals surface area (Å²) in [5.74, 6) is -0.0806. The lowest BCUT2D eigenvalue weighted by Gasteiger charge is -2.13. The molecule has 0 aliphatic heterocycles. The van der Waals surface area contributed by atoms with Crippen molar-refractivity contribution in [1.82, 2.24) is 0 Å². The Labute approximate surface area is 95.1 Å². The molecule has 0 amide bonds. The SMILES string of the molecule is COC(CS(=O)(=O)Oc1ccccc1)OC. The lowest BCUT2D eigenvalue weighted by atomic mass is 10.3. The molecule has 0 spiro atoms. The van der Waals surface area contributed by atoms with Gasteiger partial charge in [-0.25, -0.2) is 0 Å². The van der Waals surface area contributed by atoms with Crippen LogP contribution >= 0.6 is 0 Å². The monoisotopic (exact) mass is 246 g/mol. The fourth-order valence-corrected chi connectivity index (χ4v) is 2.13. The molecule has 16 heavy (non-hydrogen) atoms. The first-order chi connectivity index (χ1) is 7.57. The highest BCUT2D eigenvalue weighted by atomic mass is 32.2. The summed E-state index contributed by atoms with van der Waals surface area (Å²) in [6.45, 7) is 0. The number of hydrogen-bond acceptors (Lipinski definition) is 5. The van der Waals surface area contributed by atoms with Crippen LogP contribution in [-0.4, -0.2) is 34.7 Å². The molecule has 0 N–H and O–H groups in total. The van der Waals surface area contributed by atoms with Gasteiger partial charge in [0.05, 0.1) is 0 Å². The van der Waals surface area contributed by atoms with E-state index in [0.29, 0.717) is 0 Å². The fraction of sp³-hybridized carbons (Fsp3) is 0.400. The van der Waals surface area contributed by atoms with Crippen LogP contribution in [0.1, 0.15) is 0 Å². The maximum absolute atomic E-state index is 11.5. The van der Waals surface area contributed by atoms with Gasteiger partial charge in [0.15, 0.2) is 6.29 Å². The van der Waals surface area contributed by atoms with Gasteiger partial charge in [-0.15, -0.1) is 0 Å². The zero-order valence-corrected chi connectivity index (χ0v) is 9.94. The molecule has 0 heterocycles. The van der Waals surface area contributed by atoms with E-state index in [0.717, 1.165) is 0 Å². The summed E-state index contributed by atoms with van der Waals surface area (Å²) < 4.78 is 37.5. The van der Waals surface area contributed by atoms with Crippen LogP contribution in [0, 0.1) is 0 Å². The minimum absolute atomic E-state index is 0.272. The maximum Gasteiger partial charge on any atom is 0.314 e. The minimum Gasteiger partial charge on any atom is -0.382 e. The average molecular weight is 246 g/mol. The van der Waals surface area contributed by atoms with E-state index in [1.165, 1.54) is 14.2 Å². The first-order valence-corrected chi connectivity index (χ1v) is 6.18. The van der Waals surface area contributed by atoms with Crippen molar-refractivity contribution in [2.45, 2.75) is 6.29 Å². The standard InChI is InChI=1S/C10H14O5S/c1-13-10(14-2)8-16(11,12)15-9-6-4-3-5-7-9/h3-7,10H,8H2,1-2H3. The van der Waals surface area contributed by atoms with Crippen LogP contribution in [0.4, 0.5) is 0 Å². The van der Waals surface area contributed by atoms with Gasteiger partial charge in [-0.1, -0.05) is 18.2 Å². The molecule has 90 valence electrons. The summed E-state index contributed by atoms with van der Waals surface area (Å²) in [7, 11) is -0.974. The van der Waals surface area contributed by atoms with Crippen LogP contribution in [0.25, 0.3) is 0 Å². The van der Waals surface area contributed by atoms with Crippen LogP contribution in [0.2, 0.25) is 0 Å². The molecular formula is C10H14O5S. The highest BCUT2D eigenvalue weighted by molar-refractivity contribution is 7.87. The number of benzene rings is 1. The van der Waals surface area contributed by atoms with E-state index in [4.69, 9.17) is 13.7 Å². The summed E-state index contributed by atoms with van der Waals surface area (Å²) in [6.07, 6.45) is -0.825. The molecular weight excluding hydrogens is 232 g/mol. The second-order valence-electron chi connectivity index (χ2n) is 3.02. The Balaban J connectivity index is 2.66. The van der Waals surface area contributed by atoms with Crippen molar-refractivity contribution < 1.29 is 22.1 Å². The van der Waals surface area contributed by atoms with Crippen molar-refractivity contribution in [1.29, 1.82) is 0 Å². The van der Waals surface area contributed by atoms with E-state index in [1.54, 1.807) is 30.3 Å². The Kier molecular flexibility index (Phi) is 4.72. The Morgan fingerprint density at radius 1 is 1.12 bits per heavy atom. The van der Waals surface area contributed by atoms with Crippen LogP contribution in [0.15, 0.2) is 30.3 Å². The largest absolute Gasteiger partial charge is 0.382 e. The summed E-state index contributed by atoms with van der Waals surface area (Å²) in [6, 6.07) is 8.27. The second kappa shape index (κ2) is 5.83. The van der Waals surface area contributed by atoms with E-state index in [1.807, 2.05) is 0 Å². The van der Waals surface area contributed by atoms with Crippen LogP contribution < -0.4 is 4.18 Å². The Morgan fingerprint density at radius 3 is 2.19 bits per heavy atom. The molecule has 5 nitrogen and oxygen atoms in total. The van der Waals surface area contributed by atoms with E-state index in [2.05, 4.69) is 0 Å². The van der Waals surface area contributed by atoms with Crippen molar-refractivity contribution in [2.75, 3.05) is 20.0 Å². The molecule has 0 saturated carbocycles. The Morgan fingerprint density at radius 2 is 1.69 bits per heavy atom. The smallest absolute Gasteiger partial charge is 0.314 e. The summed E-state index contributed by atoms with van der Waals surface area (Å²) in [5.41, 5.74) is 0. The Bertz CT molecular complexity index is 396. The first-order valence-electron chi connectivity index (χ1n) is 4.60. The average Bonchev–Trinajstić information content (AvgIpc) is 2.26. The van der Waals surface area contributed by atoms with Gasteiger partial charge in [-0.3, -0.25) is 0 Å². The normalized spacial score (nSPS) is 11.7. The van der Waals surface area contributed by atoms with Crippen molar-refractivity contribution in [3.05, 3.63) is 30.3 Å². The predicted octanol–water partition coefficient (Wildman–Crippen LogP) is 1.01. The van der Waals surface area contributed by atoms with Gasteiger partial charge < -0.3 is 13.7 Å². The third-order valence-corrected chi connectivity index (χ3v) is 2.96. The van der Waals surface area contributed by atoms with Gasteiger partial charge >= 0.3 is 10.1 Å². The number of ether oxygens (including phenoxy) is 2. The van der Waals surface area contributed by atoms with E-state index in [9.17, 15) is 8.42 Å². The molecule has 1 aromatic carbocycles. The molecule has 6 heteroatoms. The molecule has 0 aliphatic carbocycles. The summed E-state index contributed by atoms with van der Waals surface area (Å²) in [5, 5.41) is 0. The van der Waals surface area contributed by atoms with Crippen LogP contribution in [0.5, 0.6) is 5.75 Å². The molecule has 1 aromatic rings. The molecule has 0 aliphatic rings. The fourth-order valence-electron chi connectivity index (χ4n) is 1.06. The van der Waals surface area contributed by atoms with Gasteiger partial charge in [-0.2, -0.15) is 8.42 Å². The summed E-state index contributed by atoms with van der Waals surface area (Å²) >= 11 is 0. The van der Waals surface area contributed by atoms with Crippen molar-refractivity contribution in [3.63, 3.8) is 0 Å². The van der Waals surface area contributed by atoms with Crippen LogP contribution in [0.3, 0.4) is 0 Å². The van der Waals surface area contributed by atoms with E-state index in [-0.39, 0.29) is 11.5 Å². The van der Waals surface area contributed by atoms with Gasteiger partial charge in [0.2, 0.25) is 0 Å². The lowest BCUT2D eigenvalue weighted by Crippen LogP contribution is -2.27. The molecule has 0 aromatic heterocycles. The number of para-hydroxylation sites is 1. The maximum atomic E-state index is 11.5. The number of rotatable bonds is 6. The molecule has 0 atom stereocenters. The molecule has 0 fully saturated rings. The number of hydrogen-bond donors (Lipinski definition) is 0. The van der Waals surface area contributed by atoms with Crippen molar-refractivity contribution in [3.8, 4) is 5.75 Å². The zero-order chi connectivity index (χ0) is 12.0. The van der Waals surface area contributed by atoms with Crippen molar-refractivity contribution in [2.24, 2.45) is 0 Å². The van der Waals surface area contributed by atoms with E-state index >= 15 is 0 Å².